The van der Waals surface area contributed by atoms with Crippen LogP contribution in [0.25, 0.3) is 0 Å². The van der Waals surface area contributed by atoms with Crippen LogP contribution in [0.3, 0.4) is 0 Å². The van der Waals surface area contributed by atoms with E-state index in [0.717, 1.165) is 10.8 Å². The molecule has 2 nitrogen and oxygen atoms in total. The van der Waals surface area contributed by atoms with Crippen LogP contribution in [0.2, 0.25) is 5.02 Å². The highest BCUT2D eigenvalue weighted by Crippen LogP contribution is 2.32. The van der Waals surface area contributed by atoms with E-state index in [1.54, 1.807) is 0 Å². The Hall–Kier alpha value is -0.970. The van der Waals surface area contributed by atoms with E-state index < -0.39 is 22.3 Å². The molecule has 0 unspecified atom stereocenters. The summed E-state index contributed by atoms with van der Waals surface area (Å²) in [5.41, 5.74) is -1.84. The van der Waals surface area contributed by atoms with Gasteiger partial charge in [0.2, 0.25) is 0 Å². The van der Waals surface area contributed by atoms with Gasteiger partial charge in [0.05, 0.1) is 10.6 Å². The number of nitrogens with zero attached hydrogens (tertiary/aromatic N) is 1. The first-order valence-corrected chi connectivity index (χ1v) is 3.63. The molecule has 0 bridgehead atoms. The number of rotatable bonds is 0. The third-order valence-corrected chi connectivity index (χ3v) is 1.79. The standard InChI is InChI=1S/C7H5ClF3NO/c1-12-3-5(8)4(2-6(12)13)7(9,10)11/h2-3H,1H3. The van der Waals surface area contributed by atoms with Gasteiger partial charge in [0.15, 0.2) is 0 Å². The lowest BCUT2D eigenvalue weighted by molar-refractivity contribution is -0.137. The van der Waals surface area contributed by atoms with Crippen molar-refractivity contribution in [3.8, 4) is 0 Å². The van der Waals surface area contributed by atoms with E-state index in [4.69, 9.17) is 11.6 Å². The molecular weight excluding hydrogens is 207 g/mol. The summed E-state index contributed by atoms with van der Waals surface area (Å²) in [7, 11) is 1.33. The van der Waals surface area contributed by atoms with Gasteiger partial charge in [0.25, 0.3) is 5.56 Å². The first kappa shape index (κ1) is 10.1. The van der Waals surface area contributed by atoms with Gasteiger partial charge < -0.3 is 4.57 Å². The molecule has 6 heteroatoms. The van der Waals surface area contributed by atoms with Gasteiger partial charge in [-0.15, -0.1) is 0 Å². The van der Waals surface area contributed by atoms with Crippen LogP contribution in [0, 0.1) is 0 Å². The lowest BCUT2D eigenvalue weighted by Gasteiger charge is -2.08. The van der Waals surface area contributed by atoms with Gasteiger partial charge in [-0.2, -0.15) is 13.2 Å². The van der Waals surface area contributed by atoms with Gasteiger partial charge in [-0.05, 0) is 0 Å². The number of alkyl halides is 3. The lowest BCUT2D eigenvalue weighted by Crippen LogP contribution is -2.19. The lowest BCUT2D eigenvalue weighted by atomic mass is 10.2. The van der Waals surface area contributed by atoms with Crippen LogP contribution in [0.15, 0.2) is 17.1 Å². The van der Waals surface area contributed by atoms with E-state index in [9.17, 15) is 18.0 Å². The average molecular weight is 212 g/mol. The average Bonchev–Trinajstić information content (AvgIpc) is 1.94. The highest BCUT2D eigenvalue weighted by molar-refractivity contribution is 6.31. The molecule has 72 valence electrons. The Morgan fingerprint density at radius 3 is 2.46 bits per heavy atom. The highest BCUT2D eigenvalue weighted by atomic mass is 35.5. The maximum absolute atomic E-state index is 12.1. The van der Waals surface area contributed by atoms with Crippen LogP contribution < -0.4 is 5.56 Å². The summed E-state index contributed by atoms with van der Waals surface area (Å²) in [6, 6.07) is 0.475. The van der Waals surface area contributed by atoms with Crippen molar-refractivity contribution in [1.29, 1.82) is 0 Å². The summed E-state index contributed by atoms with van der Waals surface area (Å²) >= 11 is 5.31. The molecule has 0 amide bonds. The molecule has 0 aromatic carbocycles. The number of aryl methyl sites for hydroxylation is 1. The Morgan fingerprint density at radius 2 is 2.00 bits per heavy atom. The molecule has 1 heterocycles. The fourth-order valence-electron chi connectivity index (χ4n) is 0.815. The zero-order valence-corrected chi connectivity index (χ0v) is 7.28. The Bertz CT molecular complexity index is 382. The van der Waals surface area contributed by atoms with E-state index in [2.05, 4.69) is 0 Å². The zero-order chi connectivity index (χ0) is 10.2. The fourth-order valence-corrected chi connectivity index (χ4v) is 1.12. The molecule has 0 spiro atoms. The van der Waals surface area contributed by atoms with Crippen LogP contribution >= 0.6 is 11.6 Å². The van der Waals surface area contributed by atoms with Crippen molar-refractivity contribution in [2.24, 2.45) is 7.05 Å². The second-order valence-corrected chi connectivity index (χ2v) is 2.89. The number of hydrogen-bond donors (Lipinski definition) is 0. The normalized spacial score (nSPS) is 11.8. The first-order valence-electron chi connectivity index (χ1n) is 3.26. The van der Waals surface area contributed by atoms with Gasteiger partial charge in [-0.3, -0.25) is 4.79 Å². The first-order chi connectivity index (χ1) is 5.82. The number of aromatic nitrogens is 1. The summed E-state index contributed by atoms with van der Waals surface area (Å²) in [5.74, 6) is 0. The molecule has 1 aromatic rings. The van der Waals surface area contributed by atoms with E-state index in [1.165, 1.54) is 7.05 Å². The van der Waals surface area contributed by atoms with Crippen molar-refractivity contribution in [2.75, 3.05) is 0 Å². The van der Waals surface area contributed by atoms with Crippen molar-refractivity contribution < 1.29 is 13.2 Å². The SMILES string of the molecule is Cn1cc(Cl)c(C(F)(F)F)cc1=O. The number of pyridine rings is 1. The molecule has 1 rings (SSSR count). The van der Waals surface area contributed by atoms with Crippen LogP contribution in [0.1, 0.15) is 5.56 Å². The van der Waals surface area contributed by atoms with Crippen molar-refractivity contribution in [3.63, 3.8) is 0 Å². The Kier molecular flexibility index (Phi) is 2.38. The Morgan fingerprint density at radius 1 is 1.46 bits per heavy atom. The molecule has 0 N–H and O–H groups in total. The van der Waals surface area contributed by atoms with Gasteiger partial charge in [-0.1, -0.05) is 11.6 Å². The maximum atomic E-state index is 12.1. The van der Waals surface area contributed by atoms with Gasteiger partial charge >= 0.3 is 6.18 Å². The molecule has 0 saturated heterocycles. The summed E-state index contributed by atoms with van der Waals surface area (Å²) in [4.78, 5) is 10.8. The minimum atomic E-state index is -4.58. The summed E-state index contributed by atoms with van der Waals surface area (Å²) in [6.07, 6.45) is -3.64. The van der Waals surface area contributed by atoms with Crippen molar-refractivity contribution in [1.82, 2.24) is 4.57 Å². The molecule has 0 radical (unpaired) electrons. The van der Waals surface area contributed by atoms with Crippen LogP contribution in [0.5, 0.6) is 0 Å². The summed E-state index contributed by atoms with van der Waals surface area (Å²) < 4.78 is 37.4. The minimum Gasteiger partial charge on any atom is -0.317 e. The smallest absolute Gasteiger partial charge is 0.317 e. The Labute approximate surface area is 76.6 Å². The number of hydrogen-bond acceptors (Lipinski definition) is 1. The van der Waals surface area contributed by atoms with Crippen molar-refractivity contribution >= 4 is 11.6 Å². The van der Waals surface area contributed by atoms with Crippen LogP contribution in [-0.4, -0.2) is 4.57 Å². The third kappa shape index (κ3) is 2.03. The topological polar surface area (TPSA) is 22.0 Å². The monoisotopic (exact) mass is 211 g/mol. The van der Waals surface area contributed by atoms with Crippen molar-refractivity contribution in [2.45, 2.75) is 6.18 Å². The van der Waals surface area contributed by atoms with E-state index >= 15 is 0 Å². The largest absolute Gasteiger partial charge is 0.418 e. The van der Waals surface area contributed by atoms with E-state index in [-0.39, 0.29) is 0 Å². The highest BCUT2D eigenvalue weighted by Gasteiger charge is 2.33. The molecule has 0 fully saturated rings. The molecule has 0 aliphatic carbocycles. The zero-order valence-electron chi connectivity index (χ0n) is 6.52. The predicted octanol–water partition coefficient (Wildman–Crippen LogP) is 2.06. The second-order valence-electron chi connectivity index (χ2n) is 2.48. The van der Waals surface area contributed by atoms with E-state index in [0.29, 0.717) is 6.07 Å². The van der Waals surface area contributed by atoms with Gasteiger partial charge in [-0.25, -0.2) is 0 Å². The van der Waals surface area contributed by atoms with Crippen LogP contribution in [0.4, 0.5) is 13.2 Å². The molecule has 0 saturated carbocycles. The molecular formula is C7H5ClF3NO. The van der Waals surface area contributed by atoms with Gasteiger partial charge in [0, 0.05) is 19.3 Å². The minimum absolute atomic E-state index is 0.475. The molecule has 0 atom stereocenters. The molecule has 0 aliphatic rings. The quantitative estimate of drug-likeness (QED) is 0.644. The van der Waals surface area contributed by atoms with Gasteiger partial charge in [0.1, 0.15) is 0 Å². The molecule has 0 aliphatic heterocycles. The second kappa shape index (κ2) is 3.06. The molecule has 13 heavy (non-hydrogen) atoms. The van der Waals surface area contributed by atoms with Crippen LogP contribution in [-0.2, 0) is 13.2 Å². The fraction of sp³-hybridized carbons (Fsp3) is 0.286. The Balaban J connectivity index is 3.41. The van der Waals surface area contributed by atoms with Crippen molar-refractivity contribution in [3.05, 3.63) is 33.2 Å². The maximum Gasteiger partial charge on any atom is 0.418 e. The molecule has 1 aromatic heterocycles. The third-order valence-electron chi connectivity index (χ3n) is 1.49. The van der Waals surface area contributed by atoms with E-state index in [1.807, 2.05) is 0 Å². The predicted molar refractivity (Wildman–Crippen MR) is 41.7 cm³/mol. The summed E-state index contributed by atoms with van der Waals surface area (Å²) in [5, 5.41) is -0.477. The summed E-state index contributed by atoms with van der Waals surface area (Å²) in [6.45, 7) is 0. The number of halogens is 4.